The van der Waals surface area contributed by atoms with E-state index in [1.54, 1.807) is 0 Å². The Hall–Kier alpha value is -4.19. The fourth-order valence-electron chi connectivity index (χ4n) is 5.71. The standard InChI is InChI=1S/C32H31N3O3/c1-21-8-2-3-10-23(21)19-35-30-17-16-25(38-20-24-15-14-22-9-4-7-13-28(22)33-24)18-29(30)34-31(35)26-11-5-6-12-27(26)32(36)37/h2-4,7-10,13-18,26-27H,5-6,11-12,19-20H2,1H3,(H,36,37)/t26-,27+/m1/s1. The Bertz CT molecular complexity index is 1620. The number of carboxylic acid groups (broad SMARTS) is 1. The van der Waals surface area contributed by atoms with E-state index in [1.807, 2.05) is 54.6 Å². The molecule has 1 saturated carbocycles. The highest BCUT2D eigenvalue weighted by atomic mass is 16.5. The number of ether oxygens (including phenoxy) is 1. The molecule has 38 heavy (non-hydrogen) atoms. The number of aryl methyl sites for hydroxylation is 1. The molecule has 0 spiro atoms. The van der Waals surface area contributed by atoms with Crippen molar-refractivity contribution in [2.45, 2.75) is 51.7 Å². The molecule has 2 aromatic heterocycles. The summed E-state index contributed by atoms with van der Waals surface area (Å²) in [4.78, 5) is 21.9. The summed E-state index contributed by atoms with van der Waals surface area (Å²) in [6.07, 6.45) is 3.51. The number of para-hydroxylation sites is 1. The average molecular weight is 506 g/mol. The van der Waals surface area contributed by atoms with E-state index < -0.39 is 11.9 Å². The van der Waals surface area contributed by atoms with Gasteiger partial charge in [0, 0.05) is 23.9 Å². The largest absolute Gasteiger partial charge is 0.487 e. The van der Waals surface area contributed by atoms with Gasteiger partial charge in [-0.15, -0.1) is 0 Å². The normalized spacial score (nSPS) is 17.6. The van der Waals surface area contributed by atoms with Crippen molar-refractivity contribution < 1.29 is 14.6 Å². The smallest absolute Gasteiger partial charge is 0.307 e. The molecule has 1 aliphatic rings. The van der Waals surface area contributed by atoms with Gasteiger partial charge in [0.15, 0.2) is 0 Å². The van der Waals surface area contributed by atoms with E-state index >= 15 is 0 Å². The lowest BCUT2D eigenvalue weighted by atomic mass is 9.78. The van der Waals surface area contributed by atoms with Crippen molar-refractivity contribution in [3.63, 3.8) is 0 Å². The molecule has 6 nitrogen and oxygen atoms in total. The number of fused-ring (bicyclic) bond motifs is 2. The van der Waals surface area contributed by atoms with Crippen LogP contribution in [0.15, 0.2) is 78.9 Å². The van der Waals surface area contributed by atoms with Crippen molar-refractivity contribution in [3.8, 4) is 5.75 Å². The van der Waals surface area contributed by atoms with Crippen LogP contribution in [0.1, 0.15) is 54.2 Å². The van der Waals surface area contributed by atoms with Gasteiger partial charge < -0.3 is 14.4 Å². The number of hydrogen-bond donors (Lipinski definition) is 1. The van der Waals surface area contributed by atoms with Gasteiger partial charge in [0.1, 0.15) is 18.2 Å². The molecule has 0 bridgehead atoms. The fourth-order valence-corrected chi connectivity index (χ4v) is 5.71. The Morgan fingerprint density at radius 3 is 2.63 bits per heavy atom. The van der Waals surface area contributed by atoms with Gasteiger partial charge in [-0.25, -0.2) is 9.97 Å². The van der Waals surface area contributed by atoms with E-state index in [0.29, 0.717) is 19.6 Å². The molecule has 0 aliphatic heterocycles. The van der Waals surface area contributed by atoms with Gasteiger partial charge in [-0.2, -0.15) is 0 Å². The number of aromatic nitrogens is 3. The van der Waals surface area contributed by atoms with Gasteiger partial charge in [-0.05, 0) is 55.2 Å². The molecule has 1 N–H and O–H groups in total. The molecule has 5 aromatic rings. The van der Waals surface area contributed by atoms with Crippen LogP contribution in [-0.2, 0) is 17.9 Å². The maximum atomic E-state index is 12.2. The van der Waals surface area contributed by atoms with Crippen LogP contribution >= 0.6 is 0 Å². The Morgan fingerprint density at radius 1 is 0.947 bits per heavy atom. The van der Waals surface area contributed by atoms with Crippen LogP contribution in [0.2, 0.25) is 0 Å². The van der Waals surface area contributed by atoms with Gasteiger partial charge in [0.2, 0.25) is 0 Å². The van der Waals surface area contributed by atoms with E-state index in [9.17, 15) is 9.90 Å². The van der Waals surface area contributed by atoms with Gasteiger partial charge in [0.05, 0.1) is 28.2 Å². The minimum absolute atomic E-state index is 0.108. The number of carbonyl (C=O) groups is 1. The van der Waals surface area contributed by atoms with E-state index in [2.05, 4.69) is 35.8 Å². The third kappa shape index (κ3) is 4.74. The number of hydrogen-bond acceptors (Lipinski definition) is 4. The lowest BCUT2D eigenvalue weighted by Crippen LogP contribution is -2.27. The van der Waals surface area contributed by atoms with Crippen molar-refractivity contribution in [2.24, 2.45) is 5.92 Å². The number of rotatable bonds is 7. The first-order valence-electron chi connectivity index (χ1n) is 13.3. The van der Waals surface area contributed by atoms with Crippen LogP contribution in [0.5, 0.6) is 5.75 Å². The Balaban J connectivity index is 1.34. The minimum Gasteiger partial charge on any atom is -0.487 e. The van der Waals surface area contributed by atoms with Crippen LogP contribution < -0.4 is 4.74 Å². The number of pyridine rings is 1. The fraction of sp³-hybridized carbons (Fsp3) is 0.281. The third-order valence-corrected chi connectivity index (χ3v) is 7.80. The Labute approximate surface area is 221 Å². The highest BCUT2D eigenvalue weighted by molar-refractivity contribution is 5.79. The highest BCUT2D eigenvalue weighted by Gasteiger charge is 2.35. The Morgan fingerprint density at radius 2 is 1.76 bits per heavy atom. The molecule has 192 valence electrons. The van der Waals surface area contributed by atoms with Crippen molar-refractivity contribution in [3.05, 3.63) is 102 Å². The summed E-state index contributed by atoms with van der Waals surface area (Å²) in [6.45, 7) is 3.13. The van der Waals surface area contributed by atoms with Gasteiger partial charge in [-0.1, -0.05) is 61.4 Å². The topological polar surface area (TPSA) is 77.2 Å². The van der Waals surface area contributed by atoms with Crippen LogP contribution in [0.25, 0.3) is 21.9 Å². The second-order valence-corrected chi connectivity index (χ2v) is 10.3. The second kappa shape index (κ2) is 10.3. The Kier molecular flexibility index (Phi) is 6.54. The summed E-state index contributed by atoms with van der Waals surface area (Å²) in [5, 5.41) is 11.1. The van der Waals surface area contributed by atoms with Crippen LogP contribution in [0.3, 0.4) is 0 Å². The third-order valence-electron chi connectivity index (χ3n) is 7.80. The van der Waals surface area contributed by atoms with Crippen molar-refractivity contribution >= 4 is 27.9 Å². The van der Waals surface area contributed by atoms with Gasteiger partial charge >= 0.3 is 5.97 Å². The van der Waals surface area contributed by atoms with E-state index in [0.717, 1.165) is 58.5 Å². The zero-order valence-electron chi connectivity index (χ0n) is 21.5. The molecule has 3 aromatic carbocycles. The first-order valence-corrected chi connectivity index (χ1v) is 13.3. The maximum Gasteiger partial charge on any atom is 0.307 e. The second-order valence-electron chi connectivity index (χ2n) is 10.3. The number of carboxylic acids is 1. The summed E-state index contributed by atoms with van der Waals surface area (Å²) in [5.41, 5.74) is 6.05. The highest BCUT2D eigenvalue weighted by Crippen LogP contribution is 2.39. The van der Waals surface area contributed by atoms with Gasteiger partial charge in [-0.3, -0.25) is 4.79 Å². The van der Waals surface area contributed by atoms with Crippen LogP contribution in [0, 0.1) is 12.8 Å². The predicted molar refractivity (Wildman–Crippen MR) is 148 cm³/mol. The quantitative estimate of drug-likeness (QED) is 0.261. The molecule has 2 heterocycles. The van der Waals surface area contributed by atoms with Crippen molar-refractivity contribution in [1.29, 1.82) is 0 Å². The monoisotopic (exact) mass is 505 g/mol. The number of benzene rings is 3. The summed E-state index contributed by atoms with van der Waals surface area (Å²) in [5.74, 6) is 0.340. The molecular weight excluding hydrogens is 474 g/mol. The molecule has 0 radical (unpaired) electrons. The maximum absolute atomic E-state index is 12.2. The lowest BCUT2D eigenvalue weighted by molar-refractivity contribution is -0.143. The summed E-state index contributed by atoms with van der Waals surface area (Å²) in [7, 11) is 0. The summed E-state index contributed by atoms with van der Waals surface area (Å²) in [6, 6.07) is 26.4. The van der Waals surface area contributed by atoms with E-state index in [1.165, 1.54) is 11.1 Å². The number of imidazole rings is 1. The van der Waals surface area contributed by atoms with Gasteiger partial charge in [0.25, 0.3) is 0 Å². The van der Waals surface area contributed by atoms with E-state index in [4.69, 9.17) is 14.7 Å². The zero-order chi connectivity index (χ0) is 26.1. The molecule has 0 unspecified atom stereocenters. The molecule has 2 atom stereocenters. The van der Waals surface area contributed by atoms with Crippen LogP contribution in [0.4, 0.5) is 0 Å². The number of nitrogens with zero attached hydrogens (tertiary/aromatic N) is 3. The van der Waals surface area contributed by atoms with E-state index in [-0.39, 0.29) is 5.92 Å². The van der Waals surface area contributed by atoms with Crippen LogP contribution in [-0.4, -0.2) is 25.6 Å². The molecule has 1 aliphatic carbocycles. The summed E-state index contributed by atoms with van der Waals surface area (Å²) >= 11 is 0. The average Bonchev–Trinajstić information content (AvgIpc) is 3.30. The first kappa shape index (κ1) is 24.2. The SMILES string of the molecule is Cc1ccccc1Cn1c([C@@H]2CCCC[C@@H]2C(=O)O)nc2cc(OCc3ccc4ccccc4n3)ccc21. The molecule has 0 saturated heterocycles. The molecule has 0 amide bonds. The molecule has 1 fully saturated rings. The first-order chi connectivity index (χ1) is 18.6. The molecular formula is C32H31N3O3. The summed E-state index contributed by atoms with van der Waals surface area (Å²) < 4.78 is 8.36. The minimum atomic E-state index is -0.726. The molecule has 6 rings (SSSR count). The van der Waals surface area contributed by atoms with Crippen molar-refractivity contribution in [2.75, 3.05) is 0 Å². The number of aliphatic carboxylic acids is 1. The lowest BCUT2D eigenvalue weighted by Gasteiger charge is -2.28. The zero-order valence-corrected chi connectivity index (χ0v) is 21.5. The predicted octanol–water partition coefficient (Wildman–Crippen LogP) is 6.88. The van der Waals surface area contributed by atoms with Crippen molar-refractivity contribution in [1.82, 2.24) is 14.5 Å². The molecule has 6 heteroatoms.